The summed E-state index contributed by atoms with van der Waals surface area (Å²) >= 11 is 0. The Labute approximate surface area is 155 Å². The number of benzene rings is 1. The maximum atomic E-state index is 12.4. The zero-order valence-electron chi connectivity index (χ0n) is 15.4. The topological polar surface area (TPSA) is 100 Å². The molecular weight excluding hydrogens is 350 g/mol. The first-order chi connectivity index (χ1) is 13.0. The standard InChI is InChI=1S/C18H21N5O4/c1-22-17-14(10-21-22)18(25)23(11-20-17)7-6-16(24)19-9-12-8-13(26-2)4-5-15(12)27-3/h4-5,8,10-11H,6-7,9H2,1-3H3,(H,19,24). The Hall–Kier alpha value is -3.36. The number of amides is 1. The smallest absolute Gasteiger partial charge is 0.264 e. The first kappa shape index (κ1) is 18.4. The minimum Gasteiger partial charge on any atom is -0.497 e. The number of rotatable bonds is 7. The van der Waals surface area contributed by atoms with Crippen molar-refractivity contribution in [3.05, 3.63) is 46.6 Å². The van der Waals surface area contributed by atoms with Crippen LogP contribution in [0.4, 0.5) is 0 Å². The van der Waals surface area contributed by atoms with Gasteiger partial charge in [0, 0.05) is 32.1 Å². The molecule has 9 nitrogen and oxygen atoms in total. The van der Waals surface area contributed by atoms with Crippen LogP contribution in [0.3, 0.4) is 0 Å². The largest absolute Gasteiger partial charge is 0.497 e. The van der Waals surface area contributed by atoms with Gasteiger partial charge >= 0.3 is 0 Å². The number of nitrogens with one attached hydrogen (secondary N) is 1. The molecule has 27 heavy (non-hydrogen) atoms. The number of hydrogen-bond donors (Lipinski definition) is 1. The fourth-order valence-corrected chi connectivity index (χ4v) is 2.75. The van der Waals surface area contributed by atoms with Crippen LogP contribution in [0.25, 0.3) is 11.0 Å². The van der Waals surface area contributed by atoms with Gasteiger partial charge in [-0.25, -0.2) is 4.98 Å². The van der Waals surface area contributed by atoms with Crippen LogP contribution in [0.2, 0.25) is 0 Å². The second kappa shape index (κ2) is 7.90. The van der Waals surface area contributed by atoms with E-state index in [-0.39, 0.29) is 24.4 Å². The van der Waals surface area contributed by atoms with Gasteiger partial charge in [-0.2, -0.15) is 5.10 Å². The molecule has 1 N–H and O–H groups in total. The van der Waals surface area contributed by atoms with E-state index in [4.69, 9.17) is 9.47 Å². The molecule has 9 heteroatoms. The number of carbonyl (C=O) groups is 1. The molecule has 1 aromatic carbocycles. The number of aryl methyl sites for hydroxylation is 2. The van der Waals surface area contributed by atoms with Crippen molar-refractivity contribution in [1.82, 2.24) is 24.6 Å². The third kappa shape index (κ3) is 3.91. The lowest BCUT2D eigenvalue weighted by Crippen LogP contribution is -2.27. The molecule has 2 aromatic heterocycles. The first-order valence-electron chi connectivity index (χ1n) is 8.38. The van der Waals surface area contributed by atoms with E-state index in [2.05, 4.69) is 15.4 Å². The molecule has 142 valence electrons. The molecule has 0 saturated carbocycles. The van der Waals surface area contributed by atoms with Crippen molar-refractivity contribution in [2.75, 3.05) is 14.2 Å². The number of fused-ring (bicyclic) bond motifs is 1. The highest BCUT2D eigenvalue weighted by Crippen LogP contribution is 2.23. The summed E-state index contributed by atoms with van der Waals surface area (Å²) in [7, 11) is 4.87. The average molecular weight is 371 g/mol. The van der Waals surface area contributed by atoms with E-state index in [0.29, 0.717) is 29.1 Å². The number of aromatic nitrogens is 4. The Balaban J connectivity index is 1.62. The minimum atomic E-state index is -0.213. The Morgan fingerprint density at radius 3 is 2.81 bits per heavy atom. The highest BCUT2D eigenvalue weighted by atomic mass is 16.5. The van der Waals surface area contributed by atoms with Crippen LogP contribution < -0.4 is 20.3 Å². The Morgan fingerprint density at radius 2 is 2.07 bits per heavy atom. The first-order valence-corrected chi connectivity index (χ1v) is 8.38. The van der Waals surface area contributed by atoms with Gasteiger partial charge in [0.2, 0.25) is 5.91 Å². The Bertz CT molecular complexity index is 1020. The SMILES string of the molecule is COc1ccc(OC)c(CNC(=O)CCn2cnc3c(cnn3C)c2=O)c1. The van der Waals surface area contributed by atoms with Gasteiger partial charge in [-0.05, 0) is 18.2 Å². The number of nitrogens with zero attached hydrogens (tertiary/aromatic N) is 4. The molecule has 0 aliphatic carbocycles. The van der Waals surface area contributed by atoms with Gasteiger partial charge in [-0.15, -0.1) is 0 Å². The summed E-state index contributed by atoms with van der Waals surface area (Å²) in [6, 6.07) is 5.39. The lowest BCUT2D eigenvalue weighted by molar-refractivity contribution is -0.121. The van der Waals surface area contributed by atoms with Gasteiger partial charge in [-0.3, -0.25) is 18.8 Å². The van der Waals surface area contributed by atoms with Crippen molar-refractivity contribution in [2.24, 2.45) is 7.05 Å². The zero-order valence-corrected chi connectivity index (χ0v) is 15.4. The number of hydrogen-bond acceptors (Lipinski definition) is 6. The summed E-state index contributed by atoms with van der Waals surface area (Å²) in [6.07, 6.45) is 3.07. The monoisotopic (exact) mass is 371 g/mol. The predicted molar refractivity (Wildman–Crippen MR) is 98.8 cm³/mol. The van der Waals surface area contributed by atoms with Gasteiger partial charge < -0.3 is 14.8 Å². The average Bonchev–Trinajstić information content (AvgIpc) is 3.07. The number of ether oxygens (including phenoxy) is 2. The van der Waals surface area contributed by atoms with Gasteiger partial charge in [0.15, 0.2) is 5.65 Å². The third-order valence-electron chi connectivity index (χ3n) is 4.26. The summed E-state index contributed by atoms with van der Waals surface area (Å²) in [5.74, 6) is 1.17. The molecular formula is C18H21N5O4. The predicted octanol–water partition coefficient (Wildman–Crippen LogP) is 0.854. The molecule has 3 rings (SSSR count). The summed E-state index contributed by atoms with van der Waals surface area (Å²) < 4.78 is 13.4. The summed E-state index contributed by atoms with van der Waals surface area (Å²) in [6.45, 7) is 0.533. The Kier molecular flexibility index (Phi) is 5.39. The molecule has 0 aliphatic rings. The molecule has 0 aliphatic heterocycles. The molecule has 0 radical (unpaired) electrons. The van der Waals surface area contributed by atoms with E-state index >= 15 is 0 Å². The van der Waals surface area contributed by atoms with Crippen molar-refractivity contribution in [2.45, 2.75) is 19.5 Å². The van der Waals surface area contributed by atoms with E-state index in [1.54, 1.807) is 33.4 Å². The van der Waals surface area contributed by atoms with Crippen LogP contribution in [-0.2, 0) is 24.9 Å². The lowest BCUT2D eigenvalue weighted by atomic mass is 10.2. The second-order valence-electron chi connectivity index (χ2n) is 5.95. The van der Waals surface area contributed by atoms with Crippen molar-refractivity contribution >= 4 is 16.9 Å². The highest BCUT2D eigenvalue weighted by Gasteiger charge is 2.11. The summed E-state index contributed by atoms with van der Waals surface area (Å²) in [4.78, 5) is 28.8. The van der Waals surface area contributed by atoms with E-state index in [9.17, 15) is 9.59 Å². The lowest BCUT2D eigenvalue weighted by Gasteiger charge is -2.12. The zero-order chi connectivity index (χ0) is 19.4. The fraction of sp³-hybridized carbons (Fsp3) is 0.333. The van der Waals surface area contributed by atoms with Crippen LogP contribution >= 0.6 is 0 Å². The maximum Gasteiger partial charge on any atom is 0.264 e. The third-order valence-corrected chi connectivity index (χ3v) is 4.26. The van der Waals surface area contributed by atoms with Crippen LogP contribution in [0.5, 0.6) is 11.5 Å². The molecule has 0 fully saturated rings. The Morgan fingerprint density at radius 1 is 1.26 bits per heavy atom. The van der Waals surface area contributed by atoms with Crippen LogP contribution in [0, 0.1) is 0 Å². The van der Waals surface area contributed by atoms with E-state index in [1.165, 1.54) is 21.8 Å². The minimum absolute atomic E-state index is 0.152. The number of methoxy groups -OCH3 is 2. The molecule has 3 aromatic rings. The van der Waals surface area contributed by atoms with Crippen LogP contribution in [-0.4, -0.2) is 39.5 Å². The van der Waals surface area contributed by atoms with E-state index in [0.717, 1.165) is 5.56 Å². The number of carbonyl (C=O) groups excluding carboxylic acids is 1. The van der Waals surface area contributed by atoms with Gasteiger partial charge in [0.25, 0.3) is 5.56 Å². The molecule has 0 saturated heterocycles. The van der Waals surface area contributed by atoms with E-state index in [1.807, 2.05) is 6.07 Å². The van der Waals surface area contributed by atoms with Crippen molar-refractivity contribution in [3.63, 3.8) is 0 Å². The molecule has 1 amide bonds. The second-order valence-corrected chi connectivity index (χ2v) is 5.95. The van der Waals surface area contributed by atoms with Crippen LogP contribution in [0.15, 0.2) is 35.5 Å². The maximum absolute atomic E-state index is 12.4. The van der Waals surface area contributed by atoms with E-state index < -0.39 is 0 Å². The molecule has 0 spiro atoms. The molecule has 2 heterocycles. The van der Waals surface area contributed by atoms with Gasteiger partial charge in [-0.1, -0.05) is 0 Å². The summed E-state index contributed by atoms with van der Waals surface area (Å²) in [5, 5.41) is 7.29. The van der Waals surface area contributed by atoms with Crippen molar-refractivity contribution < 1.29 is 14.3 Å². The summed E-state index contributed by atoms with van der Waals surface area (Å²) in [5.41, 5.74) is 1.11. The molecule has 0 unspecified atom stereocenters. The van der Waals surface area contributed by atoms with Crippen molar-refractivity contribution in [3.8, 4) is 11.5 Å². The highest BCUT2D eigenvalue weighted by molar-refractivity contribution is 5.76. The molecule has 0 bridgehead atoms. The normalized spacial score (nSPS) is 10.8. The quantitative estimate of drug-likeness (QED) is 0.661. The van der Waals surface area contributed by atoms with Gasteiger partial charge in [0.05, 0.1) is 26.7 Å². The van der Waals surface area contributed by atoms with Gasteiger partial charge in [0.1, 0.15) is 16.9 Å². The molecule has 0 atom stereocenters. The fourth-order valence-electron chi connectivity index (χ4n) is 2.75. The van der Waals surface area contributed by atoms with Crippen LogP contribution in [0.1, 0.15) is 12.0 Å². The van der Waals surface area contributed by atoms with Crippen molar-refractivity contribution in [1.29, 1.82) is 0 Å².